The van der Waals surface area contributed by atoms with E-state index in [4.69, 9.17) is 14.2 Å². The number of nitrogens with one attached hydrogen (secondary N) is 3. The lowest BCUT2D eigenvalue weighted by Crippen LogP contribution is -2.61. The van der Waals surface area contributed by atoms with Crippen LogP contribution in [0.25, 0.3) is 11.1 Å². The molecular weight excluding hydrogens is 769 g/mol. The molecule has 1 aliphatic carbocycles. The van der Waals surface area contributed by atoms with Gasteiger partial charge in [-0.3, -0.25) is 9.69 Å². The Balaban J connectivity index is 1.09. The van der Waals surface area contributed by atoms with Crippen LogP contribution in [0, 0.1) is 5.92 Å². The summed E-state index contributed by atoms with van der Waals surface area (Å²) in [5.74, 6) is 0.162. The Morgan fingerprint density at radius 2 is 1.52 bits per heavy atom. The van der Waals surface area contributed by atoms with E-state index in [9.17, 15) is 19.5 Å². The highest BCUT2D eigenvalue weighted by Gasteiger charge is 2.44. The Labute approximate surface area is 360 Å². The van der Waals surface area contributed by atoms with Crippen LogP contribution in [0.1, 0.15) is 106 Å². The van der Waals surface area contributed by atoms with Gasteiger partial charge in [-0.15, -0.1) is 0 Å². The van der Waals surface area contributed by atoms with Crippen molar-refractivity contribution >= 4 is 17.9 Å². The summed E-state index contributed by atoms with van der Waals surface area (Å²) >= 11 is 0. The molecule has 0 radical (unpaired) electrons. The number of hydrogen-bond acceptors (Lipinski definition) is 8. The van der Waals surface area contributed by atoms with Gasteiger partial charge in [0.25, 0.3) is 0 Å². The minimum atomic E-state index is -0.830. The normalized spacial score (nSPS) is 23.6. The van der Waals surface area contributed by atoms with Crippen LogP contribution in [0.4, 0.5) is 4.79 Å². The number of methoxy groups -OCH3 is 1. The molecule has 3 amide bonds. The van der Waals surface area contributed by atoms with Gasteiger partial charge in [0.05, 0.1) is 32.0 Å². The molecule has 11 nitrogen and oxygen atoms in total. The van der Waals surface area contributed by atoms with Gasteiger partial charge in [-0.2, -0.15) is 0 Å². The van der Waals surface area contributed by atoms with E-state index < -0.39 is 24.3 Å². The number of nitrogens with zero attached hydrogens (tertiary/aromatic N) is 1. The molecule has 2 saturated heterocycles. The number of benzene rings is 4. The Morgan fingerprint density at radius 1 is 0.803 bits per heavy atom. The predicted molar refractivity (Wildman–Crippen MR) is 235 cm³/mol. The van der Waals surface area contributed by atoms with Crippen LogP contribution in [0.5, 0.6) is 0 Å². The number of fused-ring (bicyclic) bond motifs is 1. The second-order valence-corrected chi connectivity index (χ2v) is 17.9. The van der Waals surface area contributed by atoms with Crippen LogP contribution in [-0.4, -0.2) is 71.3 Å². The summed E-state index contributed by atoms with van der Waals surface area (Å²) in [6.45, 7) is 6.97. The summed E-state index contributed by atoms with van der Waals surface area (Å²) in [5, 5.41) is 18.7. The molecule has 1 saturated carbocycles. The average Bonchev–Trinajstić information content (AvgIpc) is 3.27. The van der Waals surface area contributed by atoms with Gasteiger partial charge in [0.2, 0.25) is 5.91 Å². The second-order valence-electron chi connectivity index (χ2n) is 17.9. The van der Waals surface area contributed by atoms with Gasteiger partial charge in [-0.05, 0) is 97.9 Å². The molecule has 3 fully saturated rings. The molecule has 61 heavy (non-hydrogen) atoms. The number of aliphatic hydroxyl groups excluding tert-OH is 1. The maximum Gasteiger partial charge on any atom is 0.328 e. The number of urea groups is 1. The molecule has 7 atom stereocenters. The molecule has 7 rings (SSSR count). The van der Waals surface area contributed by atoms with Crippen LogP contribution >= 0.6 is 0 Å². The number of carbonyl (C=O) groups is 3. The Morgan fingerprint density at radius 3 is 2.26 bits per heavy atom. The molecule has 4 aromatic rings. The first-order chi connectivity index (χ1) is 29.5. The second kappa shape index (κ2) is 20.2. The van der Waals surface area contributed by atoms with Gasteiger partial charge in [0, 0.05) is 43.1 Å². The molecule has 0 unspecified atom stereocenters. The number of carbonyl (C=O) groups excluding carboxylic acids is 3. The van der Waals surface area contributed by atoms with Gasteiger partial charge in [-0.25, -0.2) is 9.59 Å². The molecule has 4 N–H and O–H groups in total. The van der Waals surface area contributed by atoms with Crippen molar-refractivity contribution in [3.63, 3.8) is 0 Å². The summed E-state index contributed by atoms with van der Waals surface area (Å²) in [7, 11) is 1.31. The quantitative estimate of drug-likeness (QED) is 0.0999. The Hall–Kier alpha value is -5.07. The molecule has 324 valence electrons. The van der Waals surface area contributed by atoms with Crippen molar-refractivity contribution in [1.82, 2.24) is 20.9 Å². The number of aliphatic hydroxyl groups is 1. The molecule has 0 spiro atoms. The van der Waals surface area contributed by atoms with Crippen LogP contribution in [-0.2, 0) is 43.4 Å². The number of amides is 3. The highest BCUT2D eigenvalue weighted by molar-refractivity contribution is 5.84. The number of piperidine rings is 1. The van der Waals surface area contributed by atoms with Crippen molar-refractivity contribution < 1.29 is 33.7 Å². The molecule has 2 aliphatic heterocycles. The topological polar surface area (TPSA) is 138 Å². The zero-order valence-corrected chi connectivity index (χ0v) is 36.0. The van der Waals surface area contributed by atoms with E-state index in [1.54, 1.807) is 0 Å². The molecule has 4 aromatic carbocycles. The van der Waals surface area contributed by atoms with Crippen molar-refractivity contribution in [2.75, 3.05) is 13.7 Å². The van der Waals surface area contributed by atoms with Crippen molar-refractivity contribution in [1.29, 1.82) is 0 Å². The predicted octanol–water partition coefficient (Wildman–Crippen LogP) is 7.91. The zero-order valence-electron chi connectivity index (χ0n) is 36.0. The van der Waals surface area contributed by atoms with Gasteiger partial charge in [-0.1, -0.05) is 104 Å². The van der Waals surface area contributed by atoms with Crippen molar-refractivity contribution in [2.24, 2.45) is 5.92 Å². The SMILES string of the molecule is COC(=O)[C@H](Cc1ccccc1)NC(=O)NCc1cccc(-c2cccc([C@@H]3O[C@H](CN4[C@@H](C(=O)NC(C)(C)C)CC[C@H]5CCCC[C@H]54)C[C@H](c4ccc(CO)cc4)O3)c2)c1. The number of hydrogen-bond donors (Lipinski definition) is 4. The number of likely N-dealkylation sites (tertiary alicyclic amines) is 1. The molecule has 3 aliphatic rings. The zero-order chi connectivity index (χ0) is 42.9. The fraction of sp³-hybridized carbons (Fsp3) is 0.460. The number of ether oxygens (including phenoxy) is 3. The van der Waals surface area contributed by atoms with Crippen molar-refractivity contribution in [3.05, 3.63) is 131 Å². The largest absolute Gasteiger partial charge is 0.467 e. The van der Waals surface area contributed by atoms with Gasteiger partial charge >= 0.3 is 12.0 Å². The highest BCUT2D eigenvalue weighted by Crippen LogP contribution is 2.42. The molecule has 11 heteroatoms. The summed E-state index contributed by atoms with van der Waals surface area (Å²) < 4.78 is 18.7. The third-order valence-corrected chi connectivity index (χ3v) is 12.3. The minimum Gasteiger partial charge on any atom is -0.467 e. The third-order valence-electron chi connectivity index (χ3n) is 12.3. The maximum atomic E-state index is 13.9. The summed E-state index contributed by atoms with van der Waals surface area (Å²) in [5.41, 5.74) is 6.14. The van der Waals surface area contributed by atoms with Crippen LogP contribution in [0.2, 0.25) is 0 Å². The van der Waals surface area contributed by atoms with E-state index in [1.165, 1.54) is 26.4 Å². The monoisotopic (exact) mass is 830 g/mol. The fourth-order valence-corrected chi connectivity index (χ4v) is 9.30. The molecule has 0 bridgehead atoms. The number of rotatable bonds is 13. The van der Waals surface area contributed by atoms with E-state index in [1.807, 2.05) is 118 Å². The van der Waals surface area contributed by atoms with E-state index >= 15 is 0 Å². The van der Waals surface area contributed by atoms with Crippen LogP contribution in [0.15, 0.2) is 103 Å². The van der Waals surface area contributed by atoms with E-state index in [2.05, 4.69) is 26.9 Å². The van der Waals surface area contributed by atoms with E-state index in [0.717, 1.165) is 58.2 Å². The summed E-state index contributed by atoms with van der Waals surface area (Å²) in [4.78, 5) is 41.9. The van der Waals surface area contributed by atoms with Gasteiger partial charge < -0.3 is 35.3 Å². The average molecular weight is 831 g/mol. The van der Waals surface area contributed by atoms with Gasteiger partial charge in [0.15, 0.2) is 6.29 Å². The third kappa shape index (κ3) is 11.7. The smallest absolute Gasteiger partial charge is 0.328 e. The highest BCUT2D eigenvalue weighted by atomic mass is 16.7. The summed E-state index contributed by atoms with van der Waals surface area (Å²) in [6.07, 6.45) is 6.43. The molecule has 0 aromatic heterocycles. The first-order valence-electron chi connectivity index (χ1n) is 21.9. The molecular formula is C50H62N4O7. The standard InChI is InChI=1S/C50H62N4O7/c1-50(2,3)53-46(56)44-25-24-36-15-8-9-19-43(36)54(44)31-41-29-45(37-22-20-34(32-55)21-23-37)61-48(60-41)40-18-11-17-39(28-40)38-16-10-14-35(26-38)30-51-49(58)52-42(47(57)59-4)27-33-12-6-5-7-13-33/h5-7,10-14,16-18,20-23,26,28,36,41-45,48,55H,8-9,15,19,24-25,27,29-32H2,1-4H3,(H,53,56)(H2,51,52,58)/t36-,41+,42+,43-,44-,45-,48-/m1/s1. The maximum absolute atomic E-state index is 13.9. The van der Waals surface area contributed by atoms with E-state index in [-0.39, 0.29) is 42.8 Å². The van der Waals surface area contributed by atoms with Gasteiger partial charge in [0.1, 0.15) is 6.04 Å². The fourth-order valence-electron chi connectivity index (χ4n) is 9.30. The number of esters is 1. The van der Waals surface area contributed by atoms with Crippen LogP contribution in [0.3, 0.4) is 0 Å². The van der Waals surface area contributed by atoms with Crippen molar-refractivity contribution in [2.45, 2.75) is 127 Å². The minimum absolute atomic E-state index is 0.0302. The van der Waals surface area contributed by atoms with Crippen LogP contribution < -0.4 is 16.0 Å². The first-order valence-corrected chi connectivity index (χ1v) is 21.9. The Bertz CT molecular complexity index is 2090. The van der Waals surface area contributed by atoms with E-state index in [0.29, 0.717) is 31.3 Å². The first kappa shape index (κ1) is 44.0. The Kier molecular flexibility index (Phi) is 14.6. The lowest BCUT2D eigenvalue weighted by atomic mass is 9.75. The van der Waals surface area contributed by atoms with Crippen molar-refractivity contribution in [3.8, 4) is 11.1 Å². The lowest BCUT2D eigenvalue weighted by molar-refractivity contribution is -0.255. The molecule has 2 heterocycles. The summed E-state index contributed by atoms with van der Waals surface area (Å²) in [6, 6.07) is 32.4. The lowest BCUT2D eigenvalue weighted by Gasteiger charge is -2.50.